The van der Waals surface area contributed by atoms with Gasteiger partial charge in [0.15, 0.2) is 5.76 Å². The zero-order valence-electron chi connectivity index (χ0n) is 13.0. The van der Waals surface area contributed by atoms with Gasteiger partial charge in [-0.1, -0.05) is 28.1 Å². The number of aliphatic hydroxyl groups is 1. The number of hydrogen-bond donors (Lipinski definition) is 2. The van der Waals surface area contributed by atoms with E-state index >= 15 is 0 Å². The molecular weight excluding hydrogens is 406 g/mol. The van der Waals surface area contributed by atoms with Crippen molar-refractivity contribution in [3.8, 4) is 0 Å². The van der Waals surface area contributed by atoms with E-state index in [2.05, 4.69) is 20.9 Å². The summed E-state index contributed by atoms with van der Waals surface area (Å²) in [5, 5.41) is 24.0. The number of hydroxylamine groups is 1. The monoisotopic (exact) mass is 417 g/mol. The Bertz CT molecular complexity index is 1140. The molecule has 126 valence electrons. The minimum Gasteiger partial charge on any atom is -0.710 e. The van der Waals surface area contributed by atoms with Crippen LogP contribution >= 0.6 is 27.3 Å². The van der Waals surface area contributed by atoms with Crippen molar-refractivity contribution in [2.75, 3.05) is 0 Å². The first-order valence-electron chi connectivity index (χ1n) is 7.42. The molecule has 0 amide bonds. The van der Waals surface area contributed by atoms with Gasteiger partial charge >= 0.3 is 0 Å². The number of fused-ring (bicyclic) bond motifs is 2. The van der Waals surface area contributed by atoms with Gasteiger partial charge in [0, 0.05) is 10.9 Å². The molecule has 0 unspecified atom stereocenters. The molecule has 0 radical (unpaired) electrons. The molecule has 0 saturated carbocycles. The number of aromatic nitrogens is 1. The number of nitrogens with zero attached hydrogens (tertiary/aromatic N) is 2. The summed E-state index contributed by atoms with van der Waals surface area (Å²) >= 11 is 4.59. The van der Waals surface area contributed by atoms with Crippen molar-refractivity contribution in [3.63, 3.8) is 0 Å². The Labute approximate surface area is 154 Å². The topological polar surface area (TPSA) is 102 Å². The highest BCUT2D eigenvalue weighted by Crippen LogP contribution is 2.30. The van der Waals surface area contributed by atoms with E-state index in [0.29, 0.717) is 25.2 Å². The summed E-state index contributed by atoms with van der Waals surface area (Å²) in [6.45, 7) is 1.77. The molecule has 8 heteroatoms. The number of amidine groups is 1. The van der Waals surface area contributed by atoms with Crippen LogP contribution in [0.4, 0.5) is 0 Å². The van der Waals surface area contributed by atoms with Crippen molar-refractivity contribution in [1.29, 1.82) is 0 Å². The van der Waals surface area contributed by atoms with E-state index in [1.54, 1.807) is 6.92 Å². The number of allylic oxidation sites excluding steroid dienone is 1. The summed E-state index contributed by atoms with van der Waals surface area (Å²) in [4.78, 5) is 17.1. The summed E-state index contributed by atoms with van der Waals surface area (Å²) in [6, 6.07) is 7.44. The molecule has 6 nitrogen and oxygen atoms in total. The first-order valence-corrected chi connectivity index (χ1v) is 9.03. The van der Waals surface area contributed by atoms with E-state index in [1.807, 2.05) is 24.3 Å². The average Bonchev–Trinajstić information content (AvgIpc) is 3.06. The Hall–Kier alpha value is -2.45. The van der Waals surface area contributed by atoms with Crippen molar-refractivity contribution in [2.24, 2.45) is 5.73 Å². The maximum absolute atomic E-state index is 12.7. The summed E-state index contributed by atoms with van der Waals surface area (Å²) < 4.78 is 1.80. The smallest absolute Gasteiger partial charge is 0.286 e. The third kappa shape index (κ3) is 2.32. The van der Waals surface area contributed by atoms with Crippen LogP contribution in [0.2, 0.25) is 0 Å². The highest BCUT2D eigenvalue weighted by Gasteiger charge is 2.40. The molecule has 0 fully saturated rings. The van der Waals surface area contributed by atoms with Gasteiger partial charge in [-0.15, -0.1) is 11.3 Å². The van der Waals surface area contributed by atoms with E-state index in [0.717, 1.165) is 10.0 Å². The molecule has 0 saturated heterocycles. The summed E-state index contributed by atoms with van der Waals surface area (Å²) in [5.41, 5.74) is 7.53. The molecule has 2 aliphatic rings. The molecule has 1 aromatic heterocycles. The number of Topliss-reactive ketones (excluding diaryl/α,β-unsaturated/α-hetero) is 1. The predicted octanol–water partition coefficient (Wildman–Crippen LogP) is 0.992. The highest BCUT2D eigenvalue weighted by atomic mass is 79.9. The van der Waals surface area contributed by atoms with Crippen LogP contribution in [0, 0.1) is 12.1 Å². The Morgan fingerprint density at radius 2 is 2.16 bits per heavy atom. The number of thiazole rings is 1. The average molecular weight is 418 g/mol. The Morgan fingerprint density at radius 1 is 1.40 bits per heavy atom. The fourth-order valence-corrected chi connectivity index (χ4v) is 4.40. The lowest BCUT2D eigenvalue weighted by atomic mass is 9.94. The summed E-state index contributed by atoms with van der Waals surface area (Å²) in [7, 11) is 0. The molecule has 25 heavy (non-hydrogen) atoms. The lowest BCUT2D eigenvalue weighted by Crippen LogP contribution is -2.38. The van der Waals surface area contributed by atoms with Crippen LogP contribution in [0.3, 0.4) is 0 Å². The van der Waals surface area contributed by atoms with Crippen molar-refractivity contribution in [1.82, 2.24) is 4.98 Å². The standard InChI is InChI=1S/C17H12BrN3O3S/c1-7-20-13-12-11(14(22)15(23)16(13)25-7)10(21(24)17(12)19)6-8-3-2-4-9(18)5-8/h2-5,23H,6,19H2,1H3. The largest absolute Gasteiger partial charge is 0.710 e. The summed E-state index contributed by atoms with van der Waals surface area (Å²) in [6.07, 6.45) is 0.222. The van der Waals surface area contributed by atoms with Gasteiger partial charge in [0.05, 0.1) is 10.6 Å². The molecule has 0 spiro atoms. The van der Waals surface area contributed by atoms with Gasteiger partial charge < -0.3 is 10.3 Å². The van der Waals surface area contributed by atoms with Crippen LogP contribution < -0.4 is 15.6 Å². The number of benzene rings is 1. The number of ketones is 1. The number of rotatable bonds is 2. The van der Waals surface area contributed by atoms with E-state index in [1.165, 1.54) is 11.3 Å². The number of nitrogens with two attached hydrogens (primary N) is 1. The van der Waals surface area contributed by atoms with Gasteiger partial charge in [-0.05, 0) is 24.6 Å². The number of hydrogen-bond acceptors (Lipinski definition) is 6. The van der Waals surface area contributed by atoms with E-state index in [-0.39, 0.29) is 29.3 Å². The zero-order chi connectivity index (χ0) is 17.9. The van der Waals surface area contributed by atoms with Crippen LogP contribution in [0.1, 0.15) is 10.6 Å². The fraction of sp³-hybridized carbons (Fsp3) is 0.118. The van der Waals surface area contributed by atoms with Crippen molar-refractivity contribution >= 4 is 50.2 Å². The lowest BCUT2D eigenvalue weighted by Gasteiger charge is -2.12. The first-order chi connectivity index (χ1) is 11.9. The lowest BCUT2D eigenvalue weighted by molar-refractivity contribution is -0.400. The highest BCUT2D eigenvalue weighted by molar-refractivity contribution is 9.10. The molecule has 2 heterocycles. The van der Waals surface area contributed by atoms with Crippen LogP contribution in [-0.4, -0.2) is 26.4 Å². The van der Waals surface area contributed by atoms with E-state index in [4.69, 9.17) is 5.73 Å². The Balaban J connectivity index is 2.00. The van der Waals surface area contributed by atoms with Gasteiger partial charge in [0.2, 0.25) is 5.78 Å². The van der Waals surface area contributed by atoms with Crippen LogP contribution in [0.15, 0.2) is 40.0 Å². The van der Waals surface area contributed by atoms with Crippen LogP contribution in [0.25, 0.3) is 11.3 Å². The normalized spacial score (nSPS) is 16.6. The number of carbonyl (C=O) groups is 1. The molecule has 1 aromatic carbocycles. The molecule has 1 aliphatic heterocycles. The molecular formula is C17H12BrN3O3S. The Morgan fingerprint density at radius 3 is 2.88 bits per heavy atom. The fourth-order valence-electron chi connectivity index (χ4n) is 3.08. The first kappa shape index (κ1) is 16.0. The summed E-state index contributed by atoms with van der Waals surface area (Å²) in [5.74, 6) is -1.03. The maximum Gasteiger partial charge on any atom is 0.286 e. The van der Waals surface area contributed by atoms with Crippen molar-refractivity contribution < 1.29 is 14.6 Å². The molecule has 0 bridgehead atoms. The van der Waals surface area contributed by atoms with Gasteiger partial charge in [-0.2, -0.15) is 0 Å². The minimum atomic E-state index is -0.586. The molecule has 1 aliphatic carbocycles. The quantitative estimate of drug-likeness (QED) is 0.560. The van der Waals surface area contributed by atoms with Crippen LogP contribution in [0.5, 0.6) is 0 Å². The van der Waals surface area contributed by atoms with Gasteiger partial charge in [-0.25, -0.2) is 9.72 Å². The Kier molecular flexibility index (Phi) is 3.55. The second-order valence-corrected chi connectivity index (χ2v) is 7.89. The third-order valence-electron chi connectivity index (χ3n) is 4.15. The van der Waals surface area contributed by atoms with E-state index in [9.17, 15) is 15.1 Å². The molecule has 0 atom stereocenters. The molecule has 2 aromatic rings. The number of aryl methyl sites for hydroxylation is 1. The van der Waals surface area contributed by atoms with E-state index < -0.39 is 5.78 Å². The van der Waals surface area contributed by atoms with Gasteiger partial charge in [-0.3, -0.25) is 10.5 Å². The second kappa shape index (κ2) is 5.53. The second-order valence-electron chi connectivity index (χ2n) is 5.77. The third-order valence-corrected chi connectivity index (χ3v) is 5.62. The predicted molar refractivity (Wildman–Crippen MR) is 98.2 cm³/mol. The van der Waals surface area contributed by atoms with Crippen molar-refractivity contribution in [2.45, 2.75) is 13.3 Å². The molecule has 4 rings (SSSR count). The minimum absolute atomic E-state index is 0.0626. The SMILES string of the molecule is Cc1nc2c(s1)=C(O)C(=O)C1=C(Cc3cccc(Br)c3)[N+]([O-])=C(N)C=21. The maximum atomic E-state index is 12.7. The van der Waals surface area contributed by atoms with Crippen LogP contribution in [-0.2, 0) is 11.2 Å². The van der Waals surface area contributed by atoms with Crippen molar-refractivity contribution in [3.05, 3.63) is 65.7 Å². The zero-order valence-corrected chi connectivity index (χ0v) is 15.4. The number of halogens is 1. The number of carbonyl (C=O) groups excluding carboxylic acids is 1. The molecule has 3 N–H and O–H groups in total. The van der Waals surface area contributed by atoms with Gasteiger partial charge in [0.1, 0.15) is 21.2 Å². The number of aliphatic hydroxyl groups excluding tert-OH is 1. The van der Waals surface area contributed by atoms with Gasteiger partial charge in [0.25, 0.3) is 5.84 Å².